The fourth-order valence-corrected chi connectivity index (χ4v) is 5.62. The van der Waals surface area contributed by atoms with Gasteiger partial charge in [-0.15, -0.1) is 0 Å². The van der Waals surface area contributed by atoms with Gasteiger partial charge in [-0.05, 0) is 31.5 Å². The van der Waals surface area contributed by atoms with Crippen LogP contribution in [0.1, 0.15) is 25.8 Å². The zero-order valence-electron chi connectivity index (χ0n) is 18.8. The normalized spacial score (nSPS) is 22.8. The van der Waals surface area contributed by atoms with E-state index in [1.54, 1.807) is 16.7 Å². The summed E-state index contributed by atoms with van der Waals surface area (Å²) in [5, 5.41) is 0.735. The van der Waals surface area contributed by atoms with Crippen molar-refractivity contribution in [3.63, 3.8) is 0 Å². The van der Waals surface area contributed by atoms with E-state index in [-0.39, 0.29) is 23.8 Å². The minimum atomic E-state index is -0.411. The number of hydrogen-bond acceptors (Lipinski definition) is 6. The molecule has 2 aromatic carbocycles. The molecule has 5 rings (SSSR count). The van der Waals surface area contributed by atoms with Gasteiger partial charge < -0.3 is 14.4 Å². The number of amidine groups is 1. The number of anilines is 1. The lowest BCUT2D eigenvalue weighted by Crippen LogP contribution is -2.49. The largest absolute Gasteiger partial charge is 0.486 e. The van der Waals surface area contributed by atoms with Crippen molar-refractivity contribution in [2.75, 3.05) is 30.4 Å². The minimum Gasteiger partial charge on any atom is -0.486 e. The molecule has 0 unspecified atom stereocenters. The zero-order valence-corrected chi connectivity index (χ0v) is 19.6. The Bertz CT molecular complexity index is 1100. The van der Waals surface area contributed by atoms with E-state index in [2.05, 4.69) is 13.8 Å². The van der Waals surface area contributed by atoms with Crippen molar-refractivity contribution in [2.24, 2.45) is 10.9 Å². The summed E-state index contributed by atoms with van der Waals surface area (Å²) in [6, 6.07) is 15.5. The Morgan fingerprint density at radius 3 is 2.67 bits per heavy atom. The molecule has 2 saturated heterocycles. The first kappa shape index (κ1) is 21.8. The number of rotatable bonds is 4. The SMILES string of the molecule is CC1(C)CSC(=NCc2ccccc2)N1C(=O)[C@H]1CC(=O)N(c2ccc3c(c2)OCCO3)C1. The van der Waals surface area contributed by atoms with E-state index in [4.69, 9.17) is 14.5 Å². The molecule has 33 heavy (non-hydrogen) atoms. The first-order valence-corrected chi connectivity index (χ1v) is 12.2. The monoisotopic (exact) mass is 465 g/mol. The number of nitrogens with zero attached hydrogens (tertiary/aromatic N) is 3. The summed E-state index contributed by atoms with van der Waals surface area (Å²) in [6.07, 6.45) is 0.191. The van der Waals surface area contributed by atoms with Crippen molar-refractivity contribution >= 4 is 34.4 Å². The standard InChI is InChI=1S/C25H27N3O4S/c1-25(2)16-33-24(26-14-17-6-4-3-5-7-17)28(25)23(30)18-12-22(29)27(15-18)19-8-9-20-21(13-19)32-11-10-31-20/h3-9,13,18H,10-12,14-16H2,1-2H3/t18-/m0/s1. The summed E-state index contributed by atoms with van der Waals surface area (Å²) in [5.74, 6) is 1.58. The van der Waals surface area contributed by atoms with E-state index in [1.807, 2.05) is 53.4 Å². The first-order chi connectivity index (χ1) is 15.9. The van der Waals surface area contributed by atoms with E-state index < -0.39 is 5.92 Å². The van der Waals surface area contributed by atoms with E-state index in [1.165, 1.54) is 0 Å². The topological polar surface area (TPSA) is 71.4 Å². The Balaban J connectivity index is 1.34. The second-order valence-corrected chi connectivity index (χ2v) is 10.0. The smallest absolute Gasteiger partial charge is 0.234 e. The van der Waals surface area contributed by atoms with Crippen LogP contribution in [0, 0.1) is 5.92 Å². The number of carbonyl (C=O) groups is 2. The van der Waals surface area contributed by atoms with Gasteiger partial charge in [0.1, 0.15) is 13.2 Å². The molecule has 2 aromatic rings. The molecule has 3 aliphatic rings. The Morgan fingerprint density at radius 2 is 1.88 bits per heavy atom. The summed E-state index contributed by atoms with van der Waals surface area (Å²) in [6.45, 7) is 5.98. The predicted molar refractivity (Wildman–Crippen MR) is 129 cm³/mol. The third-order valence-electron chi connectivity index (χ3n) is 6.12. The van der Waals surface area contributed by atoms with Gasteiger partial charge in [-0.3, -0.25) is 19.5 Å². The molecule has 0 aromatic heterocycles. The highest BCUT2D eigenvalue weighted by atomic mass is 32.2. The third kappa shape index (κ3) is 4.31. The van der Waals surface area contributed by atoms with Gasteiger partial charge in [-0.2, -0.15) is 0 Å². The van der Waals surface area contributed by atoms with Gasteiger partial charge in [-0.25, -0.2) is 0 Å². The number of thioether (sulfide) groups is 1. The van der Waals surface area contributed by atoms with Gasteiger partial charge >= 0.3 is 0 Å². The summed E-state index contributed by atoms with van der Waals surface area (Å²) in [5.41, 5.74) is 1.47. The molecule has 0 bridgehead atoms. The second kappa shape index (κ2) is 8.74. The fraction of sp³-hybridized carbons (Fsp3) is 0.400. The molecule has 2 amide bonds. The maximum Gasteiger partial charge on any atom is 0.234 e. The van der Waals surface area contributed by atoms with Crippen molar-refractivity contribution in [2.45, 2.75) is 32.4 Å². The molecule has 3 aliphatic heterocycles. The van der Waals surface area contributed by atoms with E-state index in [0.717, 1.165) is 22.2 Å². The van der Waals surface area contributed by atoms with Crippen molar-refractivity contribution < 1.29 is 19.1 Å². The second-order valence-electron chi connectivity index (χ2n) is 9.09. The third-order valence-corrected chi connectivity index (χ3v) is 7.54. The first-order valence-electron chi connectivity index (χ1n) is 11.2. The molecule has 0 aliphatic carbocycles. The Hall–Kier alpha value is -3.00. The quantitative estimate of drug-likeness (QED) is 0.688. The molecule has 7 nitrogen and oxygen atoms in total. The summed E-state index contributed by atoms with van der Waals surface area (Å²) in [4.78, 5) is 34.8. The number of ether oxygens (including phenoxy) is 2. The molecule has 0 radical (unpaired) electrons. The van der Waals surface area contributed by atoms with Gasteiger partial charge in [0.05, 0.1) is 18.0 Å². The van der Waals surface area contributed by atoms with Crippen molar-refractivity contribution in [3.8, 4) is 11.5 Å². The zero-order chi connectivity index (χ0) is 23.0. The number of hydrogen-bond donors (Lipinski definition) is 0. The maximum absolute atomic E-state index is 13.6. The van der Waals surface area contributed by atoms with Crippen LogP contribution < -0.4 is 14.4 Å². The molecule has 0 spiro atoms. The Morgan fingerprint density at radius 1 is 1.12 bits per heavy atom. The minimum absolute atomic E-state index is 0.0368. The lowest BCUT2D eigenvalue weighted by atomic mass is 10.0. The van der Waals surface area contributed by atoms with E-state index in [9.17, 15) is 9.59 Å². The van der Waals surface area contributed by atoms with Crippen LogP contribution in [0.15, 0.2) is 53.5 Å². The average molecular weight is 466 g/mol. The number of fused-ring (bicyclic) bond motifs is 1. The van der Waals surface area contributed by atoms with Gasteiger partial charge in [-0.1, -0.05) is 42.1 Å². The summed E-state index contributed by atoms with van der Waals surface area (Å²) in [7, 11) is 0. The van der Waals surface area contributed by atoms with Crippen LogP contribution in [0.25, 0.3) is 0 Å². The van der Waals surface area contributed by atoms with Crippen molar-refractivity contribution in [3.05, 3.63) is 54.1 Å². The number of benzene rings is 2. The molecule has 2 fully saturated rings. The highest BCUT2D eigenvalue weighted by Gasteiger charge is 2.46. The molecule has 1 atom stereocenters. The molecule has 0 saturated carbocycles. The van der Waals surface area contributed by atoms with Gasteiger partial charge in [0.25, 0.3) is 0 Å². The summed E-state index contributed by atoms with van der Waals surface area (Å²) < 4.78 is 11.2. The molecule has 172 valence electrons. The number of aliphatic imine (C=N–C) groups is 1. The van der Waals surface area contributed by atoms with Crippen LogP contribution in [0.5, 0.6) is 11.5 Å². The van der Waals surface area contributed by atoms with Crippen LogP contribution in [-0.2, 0) is 16.1 Å². The fourth-order valence-electron chi connectivity index (χ4n) is 4.39. The lowest BCUT2D eigenvalue weighted by Gasteiger charge is -2.32. The highest BCUT2D eigenvalue weighted by Crippen LogP contribution is 2.38. The molecule has 8 heteroatoms. The molecule has 3 heterocycles. The average Bonchev–Trinajstić information content (AvgIpc) is 3.36. The van der Waals surface area contributed by atoms with Crippen molar-refractivity contribution in [1.29, 1.82) is 0 Å². The van der Waals surface area contributed by atoms with Gasteiger partial charge in [0.2, 0.25) is 11.8 Å². The molecule has 0 N–H and O–H groups in total. The van der Waals surface area contributed by atoms with Crippen LogP contribution >= 0.6 is 11.8 Å². The predicted octanol–water partition coefficient (Wildman–Crippen LogP) is 3.72. The van der Waals surface area contributed by atoms with Crippen LogP contribution in [0.4, 0.5) is 5.69 Å². The van der Waals surface area contributed by atoms with Gasteiger partial charge in [0.15, 0.2) is 16.7 Å². The number of carbonyl (C=O) groups excluding carboxylic acids is 2. The summed E-state index contributed by atoms with van der Waals surface area (Å²) >= 11 is 1.60. The molecular weight excluding hydrogens is 438 g/mol. The van der Waals surface area contributed by atoms with E-state index >= 15 is 0 Å². The molecular formula is C25H27N3O4S. The highest BCUT2D eigenvalue weighted by molar-refractivity contribution is 8.14. The van der Waals surface area contributed by atoms with E-state index in [0.29, 0.717) is 37.8 Å². The van der Waals surface area contributed by atoms with Crippen LogP contribution in [0.2, 0.25) is 0 Å². The Kier molecular flexibility index (Phi) is 5.78. The van der Waals surface area contributed by atoms with Crippen molar-refractivity contribution in [1.82, 2.24) is 4.90 Å². The van der Waals surface area contributed by atoms with Gasteiger partial charge in [0, 0.05) is 30.5 Å². The Labute approximate surface area is 197 Å². The van der Waals surface area contributed by atoms with Crippen LogP contribution in [0.3, 0.4) is 0 Å². The maximum atomic E-state index is 13.6. The van der Waals surface area contributed by atoms with Crippen LogP contribution in [-0.4, -0.2) is 52.9 Å². The lowest BCUT2D eigenvalue weighted by molar-refractivity contribution is -0.134. The number of amides is 2.